The Morgan fingerprint density at radius 1 is 1.26 bits per heavy atom. The van der Waals surface area contributed by atoms with Crippen LogP contribution in [0.15, 0.2) is 23.1 Å². The van der Waals surface area contributed by atoms with Gasteiger partial charge in [0.25, 0.3) is 0 Å². The van der Waals surface area contributed by atoms with E-state index in [0.717, 1.165) is 49.2 Å². The third kappa shape index (κ3) is 5.15. The van der Waals surface area contributed by atoms with Crippen LogP contribution in [-0.2, 0) is 24.2 Å². The second-order valence-corrected chi connectivity index (χ2v) is 7.60. The lowest BCUT2D eigenvalue weighted by atomic mass is 10.1. The van der Waals surface area contributed by atoms with E-state index in [0.29, 0.717) is 23.4 Å². The van der Waals surface area contributed by atoms with E-state index in [4.69, 9.17) is 0 Å². The number of hydrogen-bond donors (Lipinski definition) is 1. The van der Waals surface area contributed by atoms with Crippen LogP contribution in [0.4, 0.5) is 4.39 Å². The number of nitrogens with one attached hydrogen (secondary N) is 1. The molecule has 6 nitrogen and oxygen atoms in total. The predicted octanol–water partition coefficient (Wildman–Crippen LogP) is 2.80. The fourth-order valence-corrected chi connectivity index (χ4v) is 3.82. The summed E-state index contributed by atoms with van der Waals surface area (Å²) in [5, 5.41) is 11.3. The molecule has 1 aliphatic rings. The SMILES string of the molecule is CC(=O)c1ccc(SCC(=O)NCCc2nnc3n2CCCCC3)c(F)c1. The molecule has 1 aliphatic heterocycles. The van der Waals surface area contributed by atoms with E-state index in [9.17, 15) is 14.0 Å². The van der Waals surface area contributed by atoms with E-state index in [1.165, 1.54) is 25.5 Å². The molecule has 144 valence electrons. The lowest BCUT2D eigenvalue weighted by Crippen LogP contribution is -2.28. The van der Waals surface area contributed by atoms with Gasteiger partial charge in [0, 0.05) is 36.4 Å². The number of ketones is 1. The molecule has 0 aliphatic carbocycles. The van der Waals surface area contributed by atoms with E-state index < -0.39 is 5.82 Å². The van der Waals surface area contributed by atoms with E-state index in [-0.39, 0.29) is 17.4 Å². The molecule has 2 aromatic rings. The van der Waals surface area contributed by atoms with Gasteiger partial charge in [-0.15, -0.1) is 22.0 Å². The van der Waals surface area contributed by atoms with Crippen molar-refractivity contribution in [2.75, 3.05) is 12.3 Å². The topological polar surface area (TPSA) is 76.9 Å². The fourth-order valence-electron chi connectivity index (χ4n) is 3.08. The predicted molar refractivity (Wildman–Crippen MR) is 101 cm³/mol. The number of rotatable bonds is 7. The summed E-state index contributed by atoms with van der Waals surface area (Å²) in [6, 6.07) is 4.32. The number of hydrogen-bond acceptors (Lipinski definition) is 5. The Balaban J connectivity index is 1.45. The van der Waals surface area contributed by atoms with Crippen molar-refractivity contribution >= 4 is 23.5 Å². The van der Waals surface area contributed by atoms with Crippen LogP contribution in [0.25, 0.3) is 0 Å². The molecule has 27 heavy (non-hydrogen) atoms. The van der Waals surface area contributed by atoms with E-state index in [2.05, 4.69) is 20.1 Å². The second-order valence-electron chi connectivity index (χ2n) is 6.58. The van der Waals surface area contributed by atoms with Gasteiger partial charge in [0.2, 0.25) is 5.91 Å². The van der Waals surface area contributed by atoms with Gasteiger partial charge in [-0.3, -0.25) is 9.59 Å². The van der Waals surface area contributed by atoms with E-state index in [1.54, 1.807) is 6.07 Å². The van der Waals surface area contributed by atoms with Gasteiger partial charge < -0.3 is 9.88 Å². The summed E-state index contributed by atoms with van der Waals surface area (Å²) in [6.45, 7) is 2.81. The number of carbonyl (C=O) groups excluding carboxylic acids is 2. The summed E-state index contributed by atoms with van der Waals surface area (Å²) in [4.78, 5) is 23.6. The Morgan fingerprint density at radius 3 is 2.89 bits per heavy atom. The van der Waals surface area contributed by atoms with Crippen molar-refractivity contribution in [1.29, 1.82) is 0 Å². The van der Waals surface area contributed by atoms with Crippen LogP contribution in [0, 0.1) is 5.82 Å². The molecule has 1 N–H and O–H groups in total. The minimum absolute atomic E-state index is 0.119. The molecule has 0 spiro atoms. The smallest absolute Gasteiger partial charge is 0.230 e. The van der Waals surface area contributed by atoms with E-state index >= 15 is 0 Å². The van der Waals surface area contributed by atoms with Crippen molar-refractivity contribution in [1.82, 2.24) is 20.1 Å². The highest BCUT2D eigenvalue weighted by molar-refractivity contribution is 8.00. The summed E-state index contributed by atoms with van der Waals surface area (Å²) in [7, 11) is 0. The molecule has 0 bridgehead atoms. The van der Waals surface area contributed by atoms with Crippen LogP contribution < -0.4 is 5.32 Å². The Morgan fingerprint density at radius 2 is 2.11 bits per heavy atom. The number of fused-ring (bicyclic) bond motifs is 1. The molecule has 0 saturated carbocycles. The van der Waals surface area contributed by atoms with E-state index in [1.807, 2.05) is 0 Å². The monoisotopic (exact) mass is 390 g/mol. The molecule has 3 rings (SSSR count). The van der Waals surface area contributed by atoms with Crippen molar-refractivity contribution in [2.24, 2.45) is 0 Å². The van der Waals surface area contributed by atoms with Gasteiger partial charge >= 0.3 is 0 Å². The van der Waals surface area contributed by atoms with Crippen LogP contribution in [0.1, 0.15) is 48.2 Å². The van der Waals surface area contributed by atoms with Gasteiger partial charge in [-0.1, -0.05) is 12.5 Å². The first kappa shape index (κ1) is 19.5. The quantitative estimate of drug-likeness (QED) is 0.581. The number of thioether (sulfide) groups is 1. The van der Waals surface area contributed by atoms with Crippen molar-refractivity contribution in [3.8, 4) is 0 Å². The maximum Gasteiger partial charge on any atom is 0.230 e. The van der Waals surface area contributed by atoms with Crippen LogP contribution in [0.2, 0.25) is 0 Å². The highest BCUT2D eigenvalue weighted by Gasteiger charge is 2.15. The summed E-state index contributed by atoms with van der Waals surface area (Å²) in [5.74, 6) is 1.24. The largest absolute Gasteiger partial charge is 0.355 e. The number of Topliss-reactive ketones (excluding diaryl/α,β-unsaturated/α-hetero) is 1. The molecule has 1 aromatic heterocycles. The van der Waals surface area contributed by atoms with Gasteiger partial charge in [0.1, 0.15) is 17.5 Å². The Kier molecular flexibility index (Phi) is 6.60. The number of halogens is 1. The Bertz CT molecular complexity index is 837. The van der Waals surface area contributed by atoms with Crippen LogP contribution >= 0.6 is 11.8 Å². The standard InChI is InChI=1S/C19H23FN4O2S/c1-13(25)14-6-7-16(15(20)11-14)27-12-19(26)21-9-8-18-23-22-17-5-3-2-4-10-24(17)18/h6-7,11H,2-5,8-10,12H2,1H3,(H,21,26). The minimum Gasteiger partial charge on any atom is -0.355 e. The third-order valence-corrected chi connectivity index (χ3v) is 5.60. The Hall–Kier alpha value is -2.22. The number of aryl methyl sites for hydroxylation is 1. The van der Waals surface area contributed by atoms with Gasteiger partial charge in [0.05, 0.1) is 5.75 Å². The van der Waals surface area contributed by atoms with Crippen LogP contribution in [-0.4, -0.2) is 38.8 Å². The fraction of sp³-hybridized carbons (Fsp3) is 0.474. The second kappa shape index (κ2) is 9.12. The molecule has 0 fully saturated rings. The van der Waals surface area contributed by atoms with Gasteiger partial charge in [0.15, 0.2) is 5.78 Å². The van der Waals surface area contributed by atoms with Gasteiger partial charge in [-0.2, -0.15) is 0 Å². The molecule has 0 unspecified atom stereocenters. The first-order chi connectivity index (χ1) is 13.0. The number of carbonyl (C=O) groups is 2. The van der Waals surface area contributed by atoms with Crippen molar-refractivity contribution in [3.05, 3.63) is 41.2 Å². The summed E-state index contributed by atoms with van der Waals surface area (Å²) >= 11 is 1.12. The first-order valence-corrected chi connectivity index (χ1v) is 10.1. The minimum atomic E-state index is -0.480. The zero-order chi connectivity index (χ0) is 19.2. The third-order valence-electron chi connectivity index (χ3n) is 4.55. The van der Waals surface area contributed by atoms with Gasteiger partial charge in [-0.05, 0) is 31.9 Å². The number of aromatic nitrogens is 3. The van der Waals surface area contributed by atoms with Crippen LogP contribution in [0.5, 0.6) is 0 Å². The summed E-state index contributed by atoms with van der Waals surface area (Å²) in [5.41, 5.74) is 0.328. The molecule has 0 atom stereocenters. The van der Waals surface area contributed by atoms with Gasteiger partial charge in [-0.25, -0.2) is 4.39 Å². The summed E-state index contributed by atoms with van der Waals surface area (Å²) < 4.78 is 16.1. The first-order valence-electron chi connectivity index (χ1n) is 9.15. The lowest BCUT2D eigenvalue weighted by Gasteiger charge is -2.08. The molecule has 2 heterocycles. The number of amides is 1. The average Bonchev–Trinajstić information content (AvgIpc) is 2.87. The molecule has 1 aromatic carbocycles. The molecule has 8 heteroatoms. The molecule has 0 radical (unpaired) electrons. The average molecular weight is 390 g/mol. The summed E-state index contributed by atoms with van der Waals surface area (Å²) in [6.07, 6.45) is 5.08. The zero-order valence-corrected chi connectivity index (χ0v) is 16.1. The lowest BCUT2D eigenvalue weighted by molar-refractivity contribution is -0.118. The van der Waals surface area contributed by atoms with Crippen molar-refractivity contribution in [3.63, 3.8) is 0 Å². The molecule has 0 saturated heterocycles. The number of nitrogens with zero attached hydrogens (tertiary/aromatic N) is 3. The highest BCUT2D eigenvalue weighted by Crippen LogP contribution is 2.22. The maximum absolute atomic E-state index is 14.0. The maximum atomic E-state index is 14.0. The molecule has 1 amide bonds. The number of benzene rings is 1. The molecular formula is C19H23FN4O2S. The highest BCUT2D eigenvalue weighted by atomic mass is 32.2. The Labute approximate surface area is 161 Å². The van der Waals surface area contributed by atoms with Crippen molar-refractivity contribution in [2.45, 2.75) is 50.5 Å². The molecular weight excluding hydrogens is 367 g/mol. The zero-order valence-electron chi connectivity index (χ0n) is 15.3. The van der Waals surface area contributed by atoms with Crippen LogP contribution in [0.3, 0.4) is 0 Å². The normalized spacial score (nSPS) is 13.7. The van der Waals surface area contributed by atoms with Crippen molar-refractivity contribution < 1.29 is 14.0 Å².